The van der Waals surface area contributed by atoms with E-state index in [1.807, 2.05) is 42.5 Å². The van der Waals surface area contributed by atoms with Crippen LogP contribution in [-0.2, 0) is 9.47 Å². The molecule has 2 aromatic carbocycles. The zero-order valence-electron chi connectivity index (χ0n) is 11.6. The van der Waals surface area contributed by atoms with Gasteiger partial charge in [-0.25, -0.2) is 4.79 Å². The molecule has 0 heterocycles. The highest BCUT2D eigenvalue weighted by Gasteiger charge is 2.19. The SMILES string of the molecule is C[C@@H](OC(=O)O[C@H](C#N)c1ccccc1)c1ccccc1. The molecule has 106 valence electrons. The fourth-order valence-electron chi connectivity index (χ4n) is 1.86. The maximum Gasteiger partial charge on any atom is 0.510 e. The van der Waals surface area contributed by atoms with E-state index in [9.17, 15) is 4.79 Å². The van der Waals surface area contributed by atoms with Gasteiger partial charge in [0.25, 0.3) is 0 Å². The average Bonchev–Trinajstić information content (AvgIpc) is 2.54. The van der Waals surface area contributed by atoms with Gasteiger partial charge in [0.1, 0.15) is 12.2 Å². The third-order valence-electron chi connectivity index (χ3n) is 2.98. The Bertz CT molecular complexity index is 619. The Morgan fingerprint density at radius 3 is 2.00 bits per heavy atom. The Morgan fingerprint density at radius 2 is 1.48 bits per heavy atom. The first-order valence-corrected chi connectivity index (χ1v) is 6.57. The minimum absolute atomic E-state index is 0.436. The number of carbonyl (C=O) groups excluding carboxylic acids is 1. The van der Waals surface area contributed by atoms with Crippen LogP contribution in [0.2, 0.25) is 0 Å². The van der Waals surface area contributed by atoms with Gasteiger partial charge < -0.3 is 9.47 Å². The number of carbonyl (C=O) groups is 1. The van der Waals surface area contributed by atoms with E-state index in [0.717, 1.165) is 5.56 Å². The van der Waals surface area contributed by atoms with Crippen LogP contribution in [0.25, 0.3) is 0 Å². The summed E-state index contributed by atoms with van der Waals surface area (Å²) in [4.78, 5) is 11.8. The Hall–Kier alpha value is -2.80. The molecule has 0 aliphatic rings. The molecule has 0 fully saturated rings. The van der Waals surface area contributed by atoms with Crippen molar-refractivity contribution in [2.45, 2.75) is 19.1 Å². The number of hydrogen-bond acceptors (Lipinski definition) is 4. The molecule has 0 saturated heterocycles. The second-order valence-corrected chi connectivity index (χ2v) is 4.46. The first-order valence-electron chi connectivity index (χ1n) is 6.57. The van der Waals surface area contributed by atoms with Gasteiger partial charge in [0.2, 0.25) is 6.10 Å². The van der Waals surface area contributed by atoms with Crippen molar-refractivity contribution < 1.29 is 14.3 Å². The van der Waals surface area contributed by atoms with Gasteiger partial charge in [-0.3, -0.25) is 0 Å². The molecule has 0 bridgehead atoms. The summed E-state index contributed by atoms with van der Waals surface area (Å²) in [7, 11) is 0. The fraction of sp³-hybridized carbons (Fsp3) is 0.176. The Balaban J connectivity index is 1.97. The van der Waals surface area contributed by atoms with E-state index in [2.05, 4.69) is 0 Å². The quantitative estimate of drug-likeness (QED) is 0.789. The first-order chi connectivity index (χ1) is 10.2. The third kappa shape index (κ3) is 4.08. The fourth-order valence-corrected chi connectivity index (χ4v) is 1.86. The van der Waals surface area contributed by atoms with Crippen molar-refractivity contribution >= 4 is 6.16 Å². The molecule has 0 aliphatic carbocycles. The standard InChI is InChI=1S/C17H15NO3/c1-13(14-8-4-2-5-9-14)20-17(19)21-16(12-18)15-10-6-3-7-11-15/h2-11,13,16H,1H3/t13-,16-/m1/s1. The summed E-state index contributed by atoms with van der Waals surface area (Å²) in [6.45, 7) is 1.75. The summed E-state index contributed by atoms with van der Waals surface area (Å²) in [6, 6.07) is 20.1. The van der Waals surface area contributed by atoms with E-state index >= 15 is 0 Å². The molecule has 4 heteroatoms. The maximum atomic E-state index is 11.8. The molecule has 0 aliphatic heterocycles. The number of rotatable bonds is 4. The zero-order chi connectivity index (χ0) is 15.1. The predicted octanol–water partition coefficient (Wildman–Crippen LogP) is 4.17. The van der Waals surface area contributed by atoms with Gasteiger partial charge in [0.05, 0.1) is 0 Å². The van der Waals surface area contributed by atoms with Crippen molar-refractivity contribution in [1.29, 1.82) is 5.26 Å². The largest absolute Gasteiger partial charge is 0.510 e. The lowest BCUT2D eigenvalue weighted by Gasteiger charge is -2.15. The monoisotopic (exact) mass is 281 g/mol. The van der Waals surface area contributed by atoms with Crippen molar-refractivity contribution in [2.24, 2.45) is 0 Å². The molecule has 0 N–H and O–H groups in total. The molecule has 0 radical (unpaired) electrons. The van der Waals surface area contributed by atoms with E-state index in [0.29, 0.717) is 5.56 Å². The molecule has 2 rings (SSSR count). The van der Waals surface area contributed by atoms with Gasteiger partial charge >= 0.3 is 6.16 Å². The van der Waals surface area contributed by atoms with Crippen molar-refractivity contribution in [2.75, 3.05) is 0 Å². The van der Waals surface area contributed by atoms with Crippen LogP contribution in [0.1, 0.15) is 30.3 Å². The Morgan fingerprint density at radius 1 is 0.952 bits per heavy atom. The van der Waals surface area contributed by atoms with Crippen LogP contribution < -0.4 is 0 Å². The zero-order valence-corrected chi connectivity index (χ0v) is 11.6. The van der Waals surface area contributed by atoms with Gasteiger partial charge in [-0.15, -0.1) is 0 Å². The molecular weight excluding hydrogens is 266 g/mol. The number of hydrogen-bond donors (Lipinski definition) is 0. The first kappa shape index (κ1) is 14.6. The summed E-state index contributed by atoms with van der Waals surface area (Å²) in [5, 5.41) is 9.10. The number of ether oxygens (including phenoxy) is 2. The van der Waals surface area contributed by atoms with E-state index < -0.39 is 18.4 Å². The number of nitrogens with zero attached hydrogens (tertiary/aromatic N) is 1. The second kappa shape index (κ2) is 7.11. The molecule has 0 saturated carbocycles. The average molecular weight is 281 g/mol. The lowest BCUT2D eigenvalue weighted by molar-refractivity contribution is 0.0147. The van der Waals surface area contributed by atoms with Crippen LogP contribution in [0.3, 0.4) is 0 Å². The third-order valence-corrected chi connectivity index (χ3v) is 2.98. The van der Waals surface area contributed by atoms with Gasteiger partial charge in [0.15, 0.2) is 0 Å². The molecule has 0 unspecified atom stereocenters. The predicted molar refractivity (Wildman–Crippen MR) is 77.2 cm³/mol. The molecule has 0 amide bonds. The molecule has 0 spiro atoms. The summed E-state index contributed by atoms with van der Waals surface area (Å²) >= 11 is 0. The number of benzene rings is 2. The van der Waals surface area contributed by atoms with E-state index in [4.69, 9.17) is 14.7 Å². The van der Waals surface area contributed by atoms with E-state index in [1.54, 1.807) is 31.2 Å². The molecular formula is C17H15NO3. The summed E-state index contributed by atoms with van der Waals surface area (Å²) in [5.74, 6) is 0. The van der Waals surface area contributed by atoms with Crippen LogP contribution in [0.4, 0.5) is 4.79 Å². The van der Waals surface area contributed by atoms with Gasteiger partial charge in [-0.05, 0) is 12.5 Å². The lowest BCUT2D eigenvalue weighted by Crippen LogP contribution is -2.14. The van der Waals surface area contributed by atoms with Crippen molar-refractivity contribution in [1.82, 2.24) is 0 Å². The van der Waals surface area contributed by atoms with Crippen molar-refractivity contribution in [3.63, 3.8) is 0 Å². The summed E-state index contributed by atoms with van der Waals surface area (Å²) in [5.41, 5.74) is 1.48. The normalized spacial score (nSPS) is 12.8. The van der Waals surface area contributed by atoms with Crippen molar-refractivity contribution in [3.05, 3.63) is 71.8 Å². The molecule has 0 aromatic heterocycles. The van der Waals surface area contributed by atoms with E-state index in [-0.39, 0.29) is 0 Å². The molecule has 2 aromatic rings. The summed E-state index contributed by atoms with van der Waals surface area (Å²) < 4.78 is 10.2. The van der Waals surface area contributed by atoms with Crippen LogP contribution in [-0.4, -0.2) is 6.16 Å². The molecule has 4 nitrogen and oxygen atoms in total. The minimum atomic E-state index is -0.971. The second-order valence-electron chi connectivity index (χ2n) is 4.46. The van der Waals surface area contributed by atoms with Crippen LogP contribution in [0, 0.1) is 11.3 Å². The lowest BCUT2D eigenvalue weighted by atomic mass is 10.1. The van der Waals surface area contributed by atoms with Crippen LogP contribution in [0.5, 0.6) is 0 Å². The maximum absolute atomic E-state index is 11.8. The summed E-state index contributed by atoms with van der Waals surface area (Å²) in [6.07, 6.45) is -2.27. The van der Waals surface area contributed by atoms with Gasteiger partial charge in [0, 0.05) is 5.56 Å². The van der Waals surface area contributed by atoms with Crippen LogP contribution >= 0.6 is 0 Å². The topological polar surface area (TPSA) is 59.3 Å². The van der Waals surface area contributed by atoms with E-state index in [1.165, 1.54) is 0 Å². The highest BCUT2D eigenvalue weighted by molar-refractivity contribution is 5.61. The van der Waals surface area contributed by atoms with Gasteiger partial charge in [-0.1, -0.05) is 60.7 Å². The Kier molecular flexibility index (Phi) is 4.94. The highest BCUT2D eigenvalue weighted by atomic mass is 16.7. The smallest absolute Gasteiger partial charge is 0.426 e. The van der Waals surface area contributed by atoms with Crippen LogP contribution in [0.15, 0.2) is 60.7 Å². The molecule has 21 heavy (non-hydrogen) atoms. The Labute approximate surface area is 123 Å². The highest BCUT2D eigenvalue weighted by Crippen LogP contribution is 2.20. The van der Waals surface area contributed by atoms with Gasteiger partial charge in [-0.2, -0.15) is 5.26 Å². The minimum Gasteiger partial charge on any atom is -0.426 e. The number of nitriles is 1. The van der Waals surface area contributed by atoms with Crippen molar-refractivity contribution in [3.8, 4) is 6.07 Å². The molecule has 2 atom stereocenters.